The van der Waals surface area contributed by atoms with Crippen LogP contribution in [0.5, 0.6) is 11.5 Å². The average Bonchev–Trinajstić information content (AvgIpc) is 3.32. The molecule has 0 unspecified atom stereocenters. The third kappa shape index (κ3) is 2.79. The van der Waals surface area contributed by atoms with Gasteiger partial charge in [-0.15, -0.1) is 0 Å². The van der Waals surface area contributed by atoms with Crippen LogP contribution in [0.2, 0.25) is 0 Å². The van der Waals surface area contributed by atoms with Crippen molar-refractivity contribution in [1.82, 2.24) is 4.90 Å². The van der Waals surface area contributed by atoms with E-state index in [0.717, 1.165) is 0 Å². The summed E-state index contributed by atoms with van der Waals surface area (Å²) in [6.07, 6.45) is 1.02. The van der Waals surface area contributed by atoms with Crippen molar-refractivity contribution in [3.8, 4) is 11.5 Å². The highest BCUT2D eigenvalue weighted by molar-refractivity contribution is 6.10. The van der Waals surface area contributed by atoms with Gasteiger partial charge in [-0.1, -0.05) is 12.1 Å². The molecule has 0 radical (unpaired) electrons. The molecule has 2 aromatic rings. The second kappa shape index (κ2) is 6.76. The van der Waals surface area contributed by atoms with Gasteiger partial charge in [0.05, 0.1) is 11.3 Å². The lowest BCUT2D eigenvalue weighted by atomic mass is 9.98. The third-order valence-corrected chi connectivity index (χ3v) is 5.96. The number of nitrogens with zero attached hydrogens (tertiary/aromatic N) is 2. The van der Waals surface area contributed by atoms with Gasteiger partial charge >= 0.3 is 0 Å². The maximum Gasteiger partial charge on any atom is 0.257 e. The van der Waals surface area contributed by atoms with Gasteiger partial charge in [-0.2, -0.15) is 0 Å². The number of nitrogens with one attached hydrogen (secondary N) is 1. The van der Waals surface area contributed by atoms with Crippen LogP contribution in [-0.4, -0.2) is 41.6 Å². The molecule has 1 fully saturated rings. The zero-order chi connectivity index (χ0) is 20.9. The molecule has 2 aromatic carbocycles. The van der Waals surface area contributed by atoms with Crippen molar-refractivity contribution < 1.29 is 23.9 Å². The number of anilines is 2. The van der Waals surface area contributed by atoms with Gasteiger partial charge in [0.15, 0.2) is 11.5 Å². The molecule has 1 atom stereocenters. The fourth-order valence-corrected chi connectivity index (χ4v) is 4.45. The Hall–Kier alpha value is -3.55. The number of para-hydroxylation sites is 1. The van der Waals surface area contributed by atoms with E-state index in [1.807, 2.05) is 13.0 Å². The molecule has 0 aliphatic carbocycles. The molecule has 0 bridgehead atoms. The van der Waals surface area contributed by atoms with E-state index < -0.39 is 5.66 Å². The van der Waals surface area contributed by atoms with Crippen LogP contribution in [0, 0.1) is 0 Å². The molecule has 8 heteroatoms. The summed E-state index contributed by atoms with van der Waals surface area (Å²) in [7, 11) is 0. The van der Waals surface area contributed by atoms with Gasteiger partial charge in [-0.25, -0.2) is 0 Å². The fourth-order valence-electron chi connectivity index (χ4n) is 4.45. The first-order valence-corrected chi connectivity index (χ1v) is 9.91. The predicted molar refractivity (Wildman–Crippen MR) is 108 cm³/mol. The highest BCUT2D eigenvalue weighted by Gasteiger charge is 2.52. The van der Waals surface area contributed by atoms with Crippen LogP contribution in [-0.2, 0) is 9.59 Å². The zero-order valence-electron chi connectivity index (χ0n) is 16.5. The number of hydrogen-bond acceptors (Lipinski definition) is 5. The maximum absolute atomic E-state index is 13.2. The predicted octanol–water partition coefficient (Wildman–Crippen LogP) is 2.74. The Balaban J connectivity index is 1.33. The van der Waals surface area contributed by atoms with Crippen LogP contribution in [0.25, 0.3) is 0 Å². The number of rotatable bonds is 4. The van der Waals surface area contributed by atoms with Gasteiger partial charge in [-0.3, -0.25) is 19.3 Å². The topological polar surface area (TPSA) is 88.2 Å². The highest BCUT2D eigenvalue weighted by Crippen LogP contribution is 2.44. The lowest BCUT2D eigenvalue weighted by Gasteiger charge is -2.48. The molecule has 3 aliphatic heterocycles. The number of amides is 3. The fraction of sp³-hybridized carbons (Fsp3) is 0.318. The summed E-state index contributed by atoms with van der Waals surface area (Å²) in [5.41, 5.74) is 0.972. The second-order valence-electron chi connectivity index (χ2n) is 7.79. The highest BCUT2D eigenvalue weighted by atomic mass is 16.7. The monoisotopic (exact) mass is 407 g/mol. The summed E-state index contributed by atoms with van der Waals surface area (Å²) in [4.78, 5) is 41.7. The largest absolute Gasteiger partial charge is 0.454 e. The molecule has 30 heavy (non-hydrogen) atoms. The SMILES string of the molecule is C[C@@]12CCC(=O)N1c1ccccc1C(=O)N2CCC(=O)Nc1ccc2c(c1)OCO2. The van der Waals surface area contributed by atoms with Gasteiger partial charge in [0.25, 0.3) is 5.91 Å². The average molecular weight is 407 g/mol. The molecule has 5 rings (SSSR count). The maximum atomic E-state index is 13.2. The minimum absolute atomic E-state index is 0.00717. The Morgan fingerprint density at radius 2 is 1.93 bits per heavy atom. The van der Waals surface area contributed by atoms with E-state index in [1.54, 1.807) is 46.2 Å². The minimum atomic E-state index is -0.762. The molecular formula is C22H21N3O5. The van der Waals surface area contributed by atoms with Crippen molar-refractivity contribution in [3.63, 3.8) is 0 Å². The first-order chi connectivity index (χ1) is 14.5. The Bertz CT molecular complexity index is 1070. The number of hydrogen-bond donors (Lipinski definition) is 1. The summed E-state index contributed by atoms with van der Waals surface area (Å²) in [5, 5.41) is 2.83. The van der Waals surface area contributed by atoms with Crippen LogP contribution in [0.3, 0.4) is 0 Å². The van der Waals surface area contributed by atoms with Crippen LogP contribution >= 0.6 is 0 Å². The first-order valence-electron chi connectivity index (χ1n) is 9.91. The summed E-state index contributed by atoms with van der Waals surface area (Å²) in [5.74, 6) is 0.843. The Labute approximate surface area is 173 Å². The van der Waals surface area contributed by atoms with Crippen LogP contribution in [0.15, 0.2) is 42.5 Å². The summed E-state index contributed by atoms with van der Waals surface area (Å²) >= 11 is 0. The number of benzene rings is 2. The van der Waals surface area contributed by atoms with E-state index in [2.05, 4.69) is 5.32 Å². The zero-order valence-corrected chi connectivity index (χ0v) is 16.5. The van der Waals surface area contributed by atoms with Gasteiger partial charge in [0.1, 0.15) is 5.66 Å². The van der Waals surface area contributed by atoms with Crippen LogP contribution in [0.4, 0.5) is 11.4 Å². The lowest BCUT2D eigenvalue weighted by Crippen LogP contribution is -2.62. The normalized spacial score (nSPS) is 21.5. The molecule has 8 nitrogen and oxygen atoms in total. The smallest absolute Gasteiger partial charge is 0.257 e. The molecule has 3 heterocycles. The van der Waals surface area contributed by atoms with Crippen LogP contribution < -0.4 is 19.7 Å². The molecule has 0 saturated carbocycles. The van der Waals surface area contributed by atoms with Crippen molar-refractivity contribution in [2.75, 3.05) is 23.6 Å². The third-order valence-electron chi connectivity index (χ3n) is 5.96. The van der Waals surface area contributed by atoms with Crippen molar-refractivity contribution in [2.24, 2.45) is 0 Å². The van der Waals surface area contributed by atoms with Gasteiger partial charge in [-0.05, 0) is 37.6 Å². The van der Waals surface area contributed by atoms with Crippen LogP contribution in [0.1, 0.15) is 36.5 Å². The van der Waals surface area contributed by atoms with E-state index in [0.29, 0.717) is 41.3 Å². The van der Waals surface area contributed by atoms with E-state index in [-0.39, 0.29) is 37.5 Å². The first kappa shape index (κ1) is 18.5. The molecule has 154 valence electrons. The minimum Gasteiger partial charge on any atom is -0.454 e. The molecule has 1 saturated heterocycles. The lowest BCUT2D eigenvalue weighted by molar-refractivity contribution is -0.117. The standard InChI is InChI=1S/C22H21N3O5/c1-22-10-8-20(27)25(22)16-5-3-2-4-15(16)21(28)24(22)11-9-19(26)23-14-6-7-17-18(12-14)30-13-29-17/h2-7,12H,8-11,13H2,1H3,(H,23,26)/t22-/m0/s1. The number of carbonyl (C=O) groups excluding carboxylic acids is 3. The summed E-state index contributed by atoms with van der Waals surface area (Å²) < 4.78 is 10.6. The molecular weight excluding hydrogens is 386 g/mol. The molecule has 0 spiro atoms. The Morgan fingerprint density at radius 3 is 2.80 bits per heavy atom. The molecule has 1 N–H and O–H groups in total. The number of carbonyl (C=O) groups is 3. The molecule has 3 aliphatic rings. The van der Waals surface area contributed by atoms with Crippen molar-refractivity contribution in [3.05, 3.63) is 48.0 Å². The van der Waals surface area contributed by atoms with E-state index in [4.69, 9.17) is 9.47 Å². The molecule has 3 amide bonds. The van der Waals surface area contributed by atoms with E-state index in [9.17, 15) is 14.4 Å². The van der Waals surface area contributed by atoms with Crippen molar-refractivity contribution in [1.29, 1.82) is 0 Å². The molecule has 0 aromatic heterocycles. The summed E-state index contributed by atoms with van der Waals surface area (Å²) in [6, 6.07) is 12.3. The van der Waals surface area contributed by atoms with E-state index >= 15 is 0 Å². The van der Waals surface area contributed by atoms with E-state index in [1.165, 1.54) is 0 Å². The van der Waals surface area contributed by atoms with Gasteiger partial charge in [0.2, 0.25) is 18.6 Å². The Morgan fingerprint density at radius 1 is 1.13 bits per heavy atom. The quantitative estimate of drug-likeness (QED) is 0.842. The second-order valence-corrected chi connectivity index (χ2v) is 7.79. The van der Waals surface area contributed by atoms with Crippen molar-refractivity contribution in [2.45, 2.75) is 31.8 Å². The van der Waals surface area contributed by atoms with Crippen molar-refractivity contribution >= 4 is 29.1 Å². The number of fused-ring (bicyclic) bond motifs is 4. The number of ether oxygens (including phenoxy) is 2. The summed E-state index contributed by atoms with van der Waals surface area (Å²) in [6.45, 7) is 2.27. The van der Waals surface area contributed by atoms with Gasteiger partial charge in [0, 0.05) is 31.1 Å². The van der Waals surface area contributed by atoms with Gasteiger partial charge < -0.3 is 19.7 Å². The Kier molecular flexibility index (Phi) is 4.16.